The molecule has 1 atom stereocenters. The van der Waals surface area contributed by atoms with Crippen LogP contribution in [0.25, 0.3) is 0 Å². The van der Waals surface area contributed by atoms with Crippen molar-refractivity contribution >= 4 is 23.1 Å². The molecule has 2 aromatic rings. The van der Waals surface area contributed by atoms with Crippen molar-refractivity contribution < 1.29 is 14.3 Å². The maximum atomic E-state index is 12.0. The average Bonchev–Trinajstić information content (AvgIpc) is 2.91. The predicted molar refractivity (Wildman–Crippen MR) is 74.3 cm³/mol. The molecule has 1 unspecified atom stereocenters. The highest BCUT2D eigenvalue weighted by atomic mass is 32.1. The first kappa shape index (κ1) is 13.5. The van der Waals surface area contributed by atoms with E-state index in [4.69, 9.17) is 4.74 Å². The molecular weight excluding hydrogens is 260 g/mol. The number of Topliss-reactive ketones (excluding diaryl/α,β-unsaturated/α-hetero) is 1. The number of esters is 1. The zero-order valence-electron chi connectivity index (χ0n) is 10.5. The van der Waals surface area contributed by atoms with Gasteiger partial charge in [-0.15, -0.1) is 11.3 Å². The number of hydrogen-bond acceptors (Lipinski definition) is 4. The molecule has 0 saturated heterocycles. The Morgan fingerprint density at radius 1 is 1.16 bits per heavy atom. The Morgan fingerprint density at radius 2 is 1.89 bits per heavy atom. The molecule has 0 aliphatic rings. The molecule has 19 heavy (non-hydrogen) atoms. The summed E-state index contributed by atoms with van der Waals surface area (Å²) in [5, 5.41) is 1.90. The minimum Gasteiger partial charge on any atom is -0.454 e. The van der Waals surface area contributed by atoms with Gasteiger partial charge in [0.25, 0.3) is 0 Å². The molecule has 3 nitrogen and oxygen atoms in total. The maximum Gasteiger partial charge on any atom is 0.311 e. The van der Waals surface area contributed by atoms with Gasteiger partial charge in [0.2, 0.25) is 5.78 Å². The number of carbonyl (C=O) groups excluding carboxylic acids is 2. The van der Waals surface area contributed by atoms with E-state index >= 15 is 0 Å². The zero-order valence-corrected chi connectivity index (χ0v) is 11.4. The first-order valence-corrected chi connectivity index (χ1v) is 6.86. The van der Waals surface area contributed by atoms with Crippen molar-refractivity contribution in [1.82, 2.24) is 0 Å². The summed E-state index contributed by atoms with van der Waals surface area (Å²) < 4.78 is 5.16. The lowest BCUT2D eigenvalue weighted by atomic mass is 10.1. The smallest absolute Gasteiger partial charge is 0.311 e. The zero-order chi connectivity index (χ0) is 13.7. The van der Waals surface area contributed by atoms with E-state index in [1.54, 1.807) is 31.2 Å². The third-order valence-corrected chi connectivity index (χ3v) is 3.51. The van der Waals surface area contributed by atoms with Crippen LogP contribution in [0.2, 0.25) is 0 Å². The van der Waals surface area contributed by atoms with Gasteiger partial charge in [-0.3, -0.25) is 9.59 Å². The number of rotatable bonds is 5. The largest absolute Gasteiger partial charge is 0.454 e. The molecular formula is C15H14O3S. The molecule has 0 bridgehead atoms. The van der Waals surface area contributed by atoms with Gasteiger partial charge >= 0.3 is 5.97 Å². The molecule has 2 rings (SSSR count). The highest BCUT2D eigenvalue weighted by molar-refractivity contribution is 7.10. The molecule has 1 heterocycles. The van der Waals surface area contributed by atoms with Crippen LogP contribution in [0.15, 0.2) is 47.8 Å². The van der Waals surface area contributed by atoms with Crippen LogP contribution in [-0.2, 0) is 16.0 Å². The van der Waals surface area contributed by atoms with Crippen LogP contribution in [0.1, 0.15) is 22.2 Å². The Kier molecular flexibility index (Phi) is 4.47. The van der Waals surface area contributed by atoms with Crippen LogP contribution in [0.4, 0.5) is 0 Å². The van der Waals surface area contributed by atoms with Gasteiger partial charge in [0, 0.05) is 10.4 Å². The SMILES string of the molecule is CC(OC(=O)Cc1cccs1)C(=O)c1ccccc1. The highest BCUT2D eigenvalue weighted by Crippen LogP contribution is 2.12. The van der Waals surface area contributed by atoms with Crippen LogP contribution in [-0.4, -0.2) is 17.9 Å². The summed E-state index contributed by atoms with van der Waals surface area (Å²) in [6.07, 6.45) is -0.542. The van der Waals surface area contributed by atoms with Gasteiger partial charge in [-0.05, 0) is 18.4 Å². The van der Waals surface area contributed by atoms with Crippen molar-refractivity contribution in [2.45, 2.75) is 19.4 Å². The van der Waals surface area contributed by atoms with Crippen LogP contribution < -0.4 is 0 Å². The molecule has 0 saturated carbocycles. The lowest BCUT2D eigenvalue weighted by molar-refractivity contribution is -0.145. The average molecular weight is 274 g/mol. The van der Waals surface area contributed by atoms with Gasteiger partial charge in [-0.25, -0.2) is 0 Å². The molecule has 1 aromatic carbocycles. The van der Waals surface area contributed by atoms with E-state index in [2.05, 4.69) is 0 Å². The summed E-state index contributed by atoms with van der Waals surface area (Å²) in [5.74, 6) is -0.556. The lowest BCUT2D eigenvalue weighted by Crippen LogP contribution is -2.25. The highest BCUT2D eigenvalue weighted by Gasteiger charge is 2.19. The summed E-state index contributed by atoms with van der Waals surface area (Å²) in [6.45, 7) is 1.60. The summed E-state index contributed by atoms with van der Waals surface area (Å²) in [7, 11) is 0. The van der Waals surface area contributed by atoms with E-state index in [1.807, 2.05) is 23.6 Å². The van der Waals surface area contributed by atoms with Crippen LogP contribution in [0.5, 0.6) is 0 Å². The Labute approximate surface area is 115 Å². The number of ether oxygens (including phenoxy) is 1. The first-order chi connectivity index (χ1) is 9.16. The van der Waals surface area contributed by atoms with Crippen molar-refractivity contribution in [1.29, 1.82) is 0 Å². The van der Waals surface area contributed by atoms with Crippen molar-refractivity contribution in [2.75, 3.05) is 0 Å². The van der Waals surface area contributed by atoms with Crippen LogP contribution in [0.3, 0.4) is 0 Å². The van der Waals surface area contributed by atoms with E-state index in [-0.39, 0.29) is 18.2 Å². The molecule has 0 aliphatic heterocycles. The van der Waals surface area contributed by atoms with Gasteiger partial charge < -0.3 is 4.74 Å². The fraction of sp³-hybridized carbons (Fsp3) is 0.200. The number of hydrogen-bond donors (Lipinski definition) is 0. The fourth-order valence-electron chi connectivity index (χ4n) is 1.68. The van der Waals surface area contributed by atoms with E-state index in [0.29, 0.717) is 5.56 Å². The standard InChI is InChI=1S/C15H14O3S/c1-11(15(17)12-6-3-2-4-7-12)18-14(16)10-13-8-5-9-19-13/h2-9,11H,10H2,1H3. The monoisotopic (exact) mass is 274 g/mol. The Balaban J connectivity index is 1.92. The number of ketones is 1. The molecule has 4 heteroatoms. The van der Waals surface area contributed by atoms with Gasteiger partial charge in [0.1, 0.15) is 0 Å². The molecule has 0 spiro atoms. The molecule has 0 radical (unpaired) electrons. The van der Waals surface area contributed by atoms with E-state index in [0.717, 1.165) is 4.88 Å². The second-order valence-corrected chi connectivity index (χ2v) is 5.15. The second-order valence-electron chi connectivity index (χ2n) is 4.12. The van der Waals surface area contributed by atoms with E-state index < -0.39 is 6.10 Å². The Bertz CT molecular complexity index is 546. The van der Waals surface area contributed by atoms with Gasteiger partial charge in [-0.1, -0.05) is 36.4 Å². The molecule has 0 N–H and O–H groups in total. The minimum absolute atomic E-state index is 0.180. The van der Waals surface area contributed by atoms with Crippen molar-refractivity contribution in [2.24, 2.45) is 0 Å². The van der Waals surface area contributed by atoms with Crippen molar-refractivity contribution in [3.8, 4) is 0 Å². The number of benzene rings is 1. The first-order valence-electron chi connectivity index (χ1n) is 5.98. The van der Waals surface area contributed by atoms with Gasteiger partial charge in [-0.2, -0.15) is 0 Å². The van der Waals surface area contributed by atoms with Gasteiger partial charge in [0.15, 0.2) is 6.10 Å². The maximum absolute atomic E-state index is 12.0. The normalized spacial score (nSPS) is 11.8. The predicted octanol–water partition coefficient (Wildman–Crippen LogP) is 3.11. The molecule has 0 amide bonds. The summed E-state index contributed by atoms with van der Waals surface area (Å²) in [6, 6.07) is 12.6. The third-order valence-electron chi connectivity index (χ3n) is 2.63. The van der Waals surface area contributed by atoms with E-state index in [9.17, 15) is 9.59 Å². The number of carbonyl (C=O) groups is 2. The summed E-state index contributed by atoms with van der Waals surface area (Å²) in [5.41, 5.74) is 0.555. The quantitative estimate of drug-likeness (QED) is 0.621. The van der Waals surface area contributed by atoms with Gasteiger partial charge in [0.05, 0.1) is 6.42 Å². The lowest BCUT2D eigenvalue weighted by Gasteiger charge is -2.11. The topological polar surface area (TPSA) is 43.4 Å². The van der Waals surface area contributed by atoms with Crippen LogP contribution in [0, 0.1) is 0 Å². The summed E-state index contributed by atoms with van der Waals surface area (Å²) in [4.78, 5) is 24.6. The molecule has 0 aliphatic carbocycles. The van der Waals surface area contributed by atoms with Crippen LogP contribution >= 0.6 is 11.3 Å². The fourth-order valence-corrected chi connectivity index (χ4v) is 2.38. The molecule has 0 fully saturated rings. The van der Waals surface area contributed by atoms with Crippen molar-refractivity contribution in [3.63, 3.8) is 0 Å². The molecule has 1 aromatic heterocycles. The Hall–Kier alpha value is -1.94. The second kappa shape index (κ2) is 6.29. The minimum atomic E-state index is -0.755. The van der Waals surface area contributed by atoms with Crippen molar-refractivity contribution in [3.05, 3.63) is 58.3 Å². The Morgan fingerprint density at radius 3 is 2.53 bits per heavy atom. The summed E-state index contributed by atoms with van der Waals surface area (Å²) >= 11 is 1.50. The molecule has 98 valence electrons. The third kappa shape index (κ3) is 3.76. The van der Waals surface area contributed by atoms with E-state index in [1.165, 1.54) is 11.3 Å². The number of thiophene rings is 1.